The van der Waals surface area contributed by atoms with E-state index < -0.39 is 53.6 Å². The first-order valence-corrected chi connectivity index (χ1v) is 19.1. The number of nitrogens with one attached hydrogen (secondary N) is 1. The third-order valence-corrected chi connectivity index (χ3v) is 11.7. The summed E-state index contributed by atoms with van der Waals surface area (Å²) in [6, 6.07) is 5.67. The van der Waals surface area contributed by atoms with Crippen LogP contribution in [0.25, 0.3) is 11.1 Å². The Morgan fingerprint density at radius 3 is 2.21 bits per heavy atom. The Hall–Kier alpha value is -3.99. The average Bonchev–Trinajstić information content (AvgIpc) is 3.79. The van der Waals surface area contributed by atoms with Crippen molar-refractivity contribution in [3.8, 4) is 11.1 Å². The quantitative estimate of drug-likeness (QED) is 0.192. The van der Waals surface area contributed by atoms with Gasteiger partial charge in [0.2, 0.25) is 5.91 Å². The molecule has 11 heteroatoms. The third kappa shape index (κ3) is 8.55. The van der Waals surface area contributed by atoms with Crippen LogP contribution >= 0.6 is 0 Å². The van der Waals surface area contributed by atoms with Crippen LogP contribution in [0.15, 0.2) is 41.3 Å². The molecular formula is C42H51F4N3O4. The van der Waals surface area contributed by atoms with Gasteiger partial charge in [0.1, 0.15) is 11.9 Å². The monoisotopic (exact) mass is 737 g/mol. The van der Waals surface area contributed by atoms with Crippen LogP contribution in [0.4, 0.5) is 17.6 Å². The summed E-state index contributed by atoms with van der Waals surface area (Å²) in [5, 5.41) is 12.9. The number of aryl methyl sites for hydroxylation is 3. The Kier molecular flexibility index (Phi) is 11.5. The number of nitrogens with zero attached hydrogens (tertiary/aromatic N) is 2. The molecule has 1 aromatic heterocycles. The fourth-order valence-electron chi connectivity index (χ4n) is 9.20. The van der Waals surface area contributed by atoms with Gasteiger partial charge in [-0.2, -0.15) is 13.2 Å². The van der Waals surface area contributed by atoms with Gasteiger partial charge in [0, 0.05) is 18.3 Å². The van der Waals surface area contributed by atoms with Crippen LogP contribution in [0.2, 0.25) is 0 Å². The van der Waals surface area contributed by atoms with Crippen LogP contribution in [-0.2, 0) is 28.6 Å². The minimum Gasteiger partial charge on any atom is -0.481 e. The van der Waals surface area contributed by atoms with Gasteiger partial charge in [-0.1, -0.05) is 32.8 Å². The number of pyridine rings is 1. The number of likely N-dealkylation sites (tertiary alicyclic amines) is 1. The van der Waals surface area contributed by atoms with Gasteiger partial charge >= 0.3 is 12.1 Å². The number of rotatable bonds is 11. The molecule has 2 N–H and O–H groups in total. The fourth-order valence-corrected chi connectivity index (χ4v) is 9.20. The van der Waals surface area contributed by atoms with Crippen molar-refractivity contribution in [1.82, 2.24) is 14.8 Å². The van der Waals surface area contributed by atoms with E-state index in [4.69, 9.17) is 0 Å². The number of amides is 1. The largest absolute Gasteiger partial charge is 0.481 e. The molecule has 1 saturated carbocycles. The molecule has 0 unspecified atom stereocenters. The van der Waals surface area contributed by atoms with Gasteiger partial charge in [-0.25, -0.2) is 4.39 Å². The Morgan fingerprint density at radius 1 is 0.943 bits per heavy atom. The van der Waals surface area contributed by atoms with Crippen LogP contribution < -0.4 is 10.9 Å². The first kappa shape index (κ1) is 38.7. The number of hydrogen-bond donors (Lipinski definition) is 2. The van der Waals surface area contributed by atoms with Crippen LogP contribution in [0, 0.1) is 25.6 Å². The maximum atomic E-state index is 14.5. The maximum absolute atomic E-state index is 14.5. The molecule has 6 rings (SSSR count). The molecule has 2 aromatic carbocycles. The van der Waals surface area contributed by atoms with Gasteiger partial charge in [0.15, 0.2) is 0 Å². The highest BCUT2D eigenvalue weighted by atomic mass is 19.4. The standard InChI is InChI=1S/C42H51F4N3O4/c1-24(2)16-37(49-23-34(35(21-38(49)50)42(44,45)46)27-12-14-48(15-13-27)31-9-5-6-10-31)41(53)47-36(22-39(51)52)29-19-28-8-7-11-32(28)33(20-29)40-25(3)17-30(43)18-26(40)4/h17-21,23-24,27,31,36-37H,5-16,22H2,1-4H3,(H,47,53)(H,51,52)/t36-,37+/m1/s1. The first-order chi connectivity index (χ1) is 25.1. The van der Waals surface area contributed by atoms with Crippen molar-refractivity contribution >= 4 is 11.9 Å². The zero-order valence-corrected chi connectivity index (χ0v) is 31.1. The lowest BCUT2D eigenvalue weighted by Gasteiger charge is -2.37. The number of hydrogen-bond acceptors (Lipinski definition) is 4. The van der Waals surface area contributed by atoms with Gasteiger partial charge in [-0.15, -0.1) is 0 Å². The Bertz CT molecular complexity index is 1880. The lowest BCUT2D eigenvalue weighted by atomic mass is 9.86. The second-order valence-corrected chi connectivity index (χ2v) is 15.9. The second kappa shape index (κ2) is 15.8. The summed E-state index contributed by atoms with van der Waals surface area (Å²) in [6.45, 7) is 8.76. The van der Waals surface area contributed by atoms with Gasteiger partial charge in [-0.3, -0.25) is 14.4 Å². The van der Waals surface area contributed by atoms with E-state index >= 15 is 0 Å². The molecule has 0 radical (unpaired) electrons. The minimum absolute atomic E-state index is 0.0279. The molecule has 3 aliphatic rings. The van der Waals surface area contributed by atoms with Crippen molar-refractivity contribution in [2.75, 3.05) is 13.1 Å². The lowest BCUT2D eigenvalue weighted by Crippen LogP contribution is -2.42. The minimum atomic E-state index is -4.74. The van der Waals surface area contributed by atoms with E-state index in [0.717, 1.165) is 70.1 Å². The molecule has 1 saturated heterocycles. The number of carboxylic acids is 1. The number of carbonyl (C=O) groups is 2. The molecule has 1 amide bonds. The van der Waals surface area contributed by atoms with E-state index in [1.54, 1.807) is 0 Å². The first-order valence-electron chi connectivity index (χ1n) is 19.1. The molecule has 0 bridgehead atoms. The molecule has 53 heavy (non-hydrogen) atoms. The van der Waals surface area contributed by atoms with E-state index in [1.165, 1.54) is 31.2 Å². The van der Waals surface area contributed by atoms with Crippen LogP contribution in [0.5, 0.6) is 0 Å². The van der Waals surface area contributed by atoms with Gasteiger partial charge in [-0.05, 0) is 153 Å². The van der Waals surface area contributed by atoms with E-state index in [-0.39, 0.29) is 23.7 Å². The predicted molar refractivity (Wildman–Crippen MR) is 196 cm³/mol. The highest BCUT2D eigenvalue weighted by molar-refractivity contribution is 5.82. The van der Waals surface area contributed by atoms with Crippen molar-refractivity contribution in [3.05, 3.63) is 91.6 Å². The molecule has 2 fully saturated rings. The topological polar surface area (TPSA) is 91.6 Å². The van der Waals surface area contributed by atoms with E-state index in [2.05, 4.69) is 10.2 Å². The molecule has 2 heterocycles. The summed E-state index contributed by atoms with van der Waals surface area (Å²) in [6.07, 6.45) is 4.28. The molecule has 2 atom stereocenters. The zero-order chi connectivity index (χ0) is 38.2. The Labute approximate surface area is 308 Å². The van der Waals surface area contributed by atoms with Crippen molar-refractivity contribution in [3.63, 3.8) is 0 Å². The van der Waals surface area contributed by atoms with Crippen molar-refractivity contribution in [2.45, 2.75) is 129 Å². The number of fused-ring (bicyclic) bond motifs is 1. The predicted octanol–water partition coefficient (Wildman–Crippen LogP) is 8.82. The number of halogens is 4. The number of alkyl halides is 3. The van der Waals surface area contributed by atoms with Crippen LogP contribution in [0.3, 0.4) is 0 Å². The van der Waals surface area contributed by atoms with E-state index in [1.807, 2.05) is 39.8 Å². The molecule has 3 aromatic rings. The highest BCUT2D eigenvalue weighted by Gasteiger charge is 2.39. The van der Waals surface area contributed by atoms with Gasteiger partial charge < -0.3 is 19.9 Å². The summed E-state index contributed by atoms with van der Waals surface area (Å²) >= 11 is 0. The third-order valence-electron chi connectivity index (χ3n) is 11.7. The summed E-state index contributed by atoms with van der Waals surface area (Å²) in [5.74, 6) is -2.68. The van der Waals surface area contributed by atoms with Gasteiger partial charge in [0.05, 0.1) is 18.0 Å². The Morgan fingerprint density at radius 2 is 1.60 bits per heavy atom. The summed E-state index contributed by atoms with van der Waals surface area (Å²) in [5.41, 5.74) is 4.08. The maximum Gasteiger partial charge on any atom is 0.416 e. The highest BCUT2D eigenvalue weighted by Crippen LogP contribution is 2.41. The number of benzene rings is 2. The number of aromatic nitrogens is 1. The molecule has 1 aliphatic heterocycles. The summed E-state index contributed by atoms with van der Waals surface area (Å²) in [4.78, 5) is 42.6. The summed E-state index contributed by atoms with van der Waals surface area (Å²) in [7, 11) is 0. The number of aliphatic carboxylic acids is 1. The fraction of sp³-hybridized carbons (Fsp3) is 0.548. The molecule has 7 nitrogen and oxygen atoms in total. The van der Waals surface area contributed by atoms with E-state index in [0.29, 0.717) is 43.6 Å². The normalized spacial score (nSPS) is 18.4. The summed E-state index contributed by atoms with van der Waals surface area (Å²) < 4.78 is 58.9. The molecule has 2 aliphatic carbocycles. The van der Waals surface area contributed by atoms with Crippen molar-refractivity contribution in [1.29, 1.82) is 0 Å². The van der Waals surface area contributed by atoms with E-state index in [9.17, 15) is 37.1 Å². The smallest absolute Gasteiger partial charge is 0.416 e. The number of piperidine rings is 1. The number of carboxylic acid groups (broad SMARTS) is 1. The van der Waals surface area contributed by atoms with Gasteiger partial charge in [0.25, 0.3) is 5.56 Å². The average molecular weight is 738 g/mol. The molecule has 286 valence electrons. The van der Waals surface area contributed by atoms with Crippen molar-refractivity contribution < 1.29 is 32.3 Å². The van der Waals surface area contributed by atoms with Crippen LogP contribution in [-0.4, -0.2) is 45.6 Å². The van der Waals surface area contributed by atoms with Crippen molar-refractivity contribution in [2.24, 2.45) is 5.92 Å². The number of carbonyl (C=O) groups excluding carboxylic acids is 1. The molecular weight excluding hydrogens is 686 g/mol. The van der Waals surface area contributed by atoms with Crippen LogP contribution in [0.1, 0.15) is 129 Å². The SMILES string of the molecule is Cc1cc(F)cc(C)c1-c1cc([C@@H](CC(=O)O)NC(=O)[C@H](CC(C)C)n2cc(C3CCN(C4CCCC4)CC3)c(C(F)(F)F)cc2=O)cc2c1CCC2. The zero-order valence-electron chi connectivity index (χ0n) is 31.1. The lowest BCUT2D eigenvalue weighted by molar-refractivity contribution is -0.139. The second-order valence-electron chi connectivity index (χ2n) is 15.9. The Balaban J connectivity index is 1.36. The molecule has 0 spiro atoms.